The molecule has 0 aliphatic carbocycles. The monoisotopic (exact) mass is 371 g/mol. The van der Waals surface area contributed by atoms with E-state index in [2.05, 4.69) is 10.4 Å². The van der Waals surface area contributed by atoms with Crippen LogP contribution in [-0.2, 0) is 15.7 Å². The summed E-state index contributed by atoms with van der Waals surface area (Å²) in [4.78, 5) is 22.8. The summed E-state index contributed by atoms with van der Waals surface area (Å²) >= 11 is 0. The van der Waals surface area contributed by atoms with E-state index >= 15 is 0 Å². The normalized spacial score (nSPS) is 11.6. The van der Waals surface area contributed by atoms with Gasteiger partial charge in [0.05, 0.1) is 18.0 Å². The Hall–Kier alpha value is -2.88. The summed E-state index contributed by atoms with van der Waals surface area (Å²) in [6.45, 7) is 3.30. The molecule has 2 N–H and O–H groups in total. The molecule has 10 heteroatoms. The van der Waals surface area contributed by atoms with E-state index in [1.54, 1.807) is 13.8 Å². The number of carboxylic acid groups (broad SMARTS) is 1. The van der Waals surface area contributed by atoms with Gasteiger partial charge in [0, 0.05) is 5.69 Å². The zero-order valence-corrected chi connectivity index (χ0v) is 13.9. The van der Waals surface area contributed by atoms with Crippen LogP contribution in [0, 0.1) is 0 Å². The zero-order chi connectivity index (χ0) is 19.5. The minimum atomic E-state index is -4.92. The highest BCUT2D eigenvalue weighted by molar-refractivity contribution is 5.92. The van der Waals surface area contributed by atoms with Crippen LogP contribution in [0.15, 0.2) is 30.5 Å². The average molecular weight is 371 g/mol. The lowest BCUT2D eigenvalue weighted by Crippen LogP contribution is -2.21. The Morgan fingerprint density at radius 1 is 1.35 bits per heavy atom. The van der Waals surface area contributed by atoms with E-state index in [-0.39, 0.29) is 24.1 Å². The lowest BCUT2D eigenvalue weighted by atomic mass is 10.2. The van der Waals surface area contributed by atoms with E-state index in [9.17, 15) is 22.8 Å². The summed E-state index contributed by atoms with van der Waals surface area (Å²) < 4.78 is 45.4. The van der Waals surface area contributed by atoms with Crippen molar-refractivity contribution < 1.29 is 32.6 Å². The first-order valence-electron chi connectivity index (χ1n) is 7.50. The van der Waals surface area contributed by atoms with Gasteiger partial charge < -0.3 is 15.2 Å². The highest BCUT2D eigenvalue weighted by Gasteiger charge is 2.40. The number of nitrogens with zero attached hydrogens (tertiary/aromatic N) is 2. The first-order chi connectivity index (χ1) is 12.1. The molecule has 2 aromatic rings. The third kappa shape index (κ3) is 4.60. The number of carboxylic acids is 1. The van der Waals surface area contributed by atoms with Gasteiger partial charge in [-0.1, -0.05) is 6.07 Å². The zero-order valence-electron chi connectivity index (χ0n) is 13.9. The number of aromatic nitrogens is 2. The van der Waals surface area contributed by atoms with Crippen LogP contribution in [0.25, 0.3) is 5.69 Å². The molecule has 0 unspecified atom stereocenters. The van der Waals surface area contributed by atoms with Crippen LogP contribution >= 0.6 is 0 Å². The molecule has 0 saturated carbocycles. The topological polar surface area (TPSA) is 93.5 Å². The Morgan fingerprint density at radius 2 is 2.04 bits per heavy atom. The number of anilines is 1. The molecule has 1 aromatic carbocycles. The third-order valence-electron chi connectivity index (χ3n) is 3.19. The molecule has 1 amide bonds. The van der Waals surface area contributed by atoms with Crippen LogP contribution in [0.1, 0.15) is 29.9 Å². The van der Waals surface area contributed by atoms with Gasteiger partial charge in [-0.3, -0.25) is 4.79 Å². The smallest absolute Gasteiger partial charge is 0.434 e. The molecule has 0 atom stereocenters. The van der Waals surface area contributed by atoms with Crippen molar-refractivity contribution in [3.8, 4) is 5.69 Å². The van der Waals surface area contributed by atoms with Gasteiger partial charge in [-0.05, 0) is 32.0 Å². The number of carbonyl (C=O) groups excluding carboxylic acids is 1. The lowest BCUT2D eigenvalue weighted by molar-refractivity contribution is -0.143. The molecule has 0 fully saturated rings. The predicted octanol–water partition coefficient (Wildman–Crippen LogP) is 2.95. The van der Waals surface area contributed by atoms with Gasteiger partial charge in [-0.25, -0.2) is 9.48 Å². The fraction of sp³-hybridized carbons (Fsp3) is 0.312. The molecule has 2 rings (SSSR count). The van der Waals surface area contributed by atoms with Crippen molar-refractivity contribution in [3.63, 3.8) is 0 Å². The van der Waals surface area contributed by atoms with Crippen molar-refractivity contribution >= 4 is 17.6 Å². The van der Waals surface area contributed by atoms with Gasteiger partial charge in [0.25, 0.3) is 0 Å². The van der Waals surface area contributed by atoms with E-state index in [0.29, 0.717) is 10.9 Å². The van der Waals surface area contributed by atoms with Crippen LogP contribution in [0.3, 0.4) is 0 Å². The van der Waals surface area contributed by atoms with Crippen molar-refractivity contribution in [3.05, 3.63) is 41.7 Å². The van der Waals surface area contributed by atoms with Gasteiger partial charge in [-0.2, -0.15) is 18.3 Å². The maximum atomic E-state index is 13.3. The number of ether oxygens (including phenoxy) is 1. The predicted molar refractivity (Wildman–Crippen MR) is 85.2 cm³/mol. The van der Waals surface area contributed by atoms with Crippen LogP contribution < -0.4 is 5.32 Å². The second-order valence-corrected chi connectivity index (χ2v) is 5.58. The Labute approximate surface area is 146 Å². The molecule has 0 spiro atoms. The fourth-order valence-electron chi connectivity index (χ4n) is 2.13. The number of amides is 1. The number of aromatic carboxylic acids is 1. The van der Waals surface area contributed by atoms with Gasteiger partial charge in [-0.15, -0.1) is 0 Å². The maximum absolute atomic E-state index is 13.3. The molecule has 1 heterocycles. The summed E-state index contributed by atoms with van der Waals surface area (Å²) in [5.41, 5.74) is -2.19. The summed E-state index contributed by atoms with van der Waals surface area (Å²) in [5, 5.41) is 15.0. The fourth-order valence-corrected chi connectivity index (χ4v) is 2.13. The number of nitrogens with one attached hydrogen (secondary N) is 1. The highest BCUT2D eigenvalue weighted by Crippen LogP contribution is 2.34. The second-order valence-electron chi connectivity index (χ2n) is 5.58. The standard InChI is InChI=1S/C16H16F3N3O4/c1-9(2)26-8-13(23)21-10-4-3-5-11(6-10)22-14(16(17,18)19)12(7-20-22)15(24)25/h3-7,9H,8H2,1-2H3,(H,21,23)(H,24,25). The molecule has 7 nitrogen and oxygen atoms in total. The third-order valence-corrected chi connectivity index (χ3v) is 3.19. The number of hydrogen-bond donors (Lipinski definition) is 2. The first kappa shape index (κ1) is 19.4. The molecule has 0 saturated heterocycles. The molecular weight excluding hydrogens is 355 g/mol. The van der Waals surface area contributed by atoms with Crippen LogP contribution in [0.5, 0.6) is 0 Å². The van der Waals surface area contributed by atoms with Crippen molar-refractivity contribution in [2.75, 3.05) is 11.9 Å². The molecule has 26 heavy (non-hydrogen) atoms. The highest BCUT2D eigenvalue weighted by atomic mass is 19.4. The average Bonchev–Trinajstić information content (AvgIpc) is 2.99. The molecule has 0 bridgehead atoms. The lowest BCUT2D eigenvalue weighted by Gasteiger charge is -2.13. The number of alkyl halides is 3. The summed E-state index contributed by atoms with van der Waals surface area (Å²) in [7, 11) is 0. The van der Waals surface area contributed by atoms with E-state index in [1.807, 2.05) is 0 Å². The summed E-state index contributed by atoms with van der Waals surface area (Å²) in [6, 6.07) is 5.46. The van der Waals surface area contributed by atoms with Gasteiger partial charge >= 0.3 is 12.1 Å². The maximum Gasteiger partial charge on any atom is 0.434 e. The largest absolute Gasteiger partial charge is 0.478 e. The molecular formula is C16H16F3N3O4. The minimum absolute atomic E-state index is 0.0487. The molecule has 0 aliphatic rings. The van der Waals surface area contributed by atoms with Crippen LogP contribution in [0.4, 0.5) is 18.9 Å². The van der Waals surface area contributed by atoms with Crippen molar-refractivity contribution in [1.29, 1.82) is 0 Å². The quantitative estimate of drug-likeness (QED) is 0.814. The van der Waals surface area contributed by atoms with E-state index in [0.717, 1.165) is 0 Å². The van der Waals surface area contributed by atoms with Crippen LogP contribution in [-0.4, -0.2) is 39.5 Å². The summed E-state index contributed by atoms with van der Waals surface area (Å²) in [5.74, 6) is -2.21. The van der Waals surface area contributed by atoms with Gasteiger partial charge in [0.2, 0.25) is 5.91 Å². The second kappa shape index (κ2) is 7.56. The van der Waals surface area contributed by atoms with E-state index in [4.69, 9.17) is 9.84 Å². The van der Waals surface area contributed by atoms with E-state index in [1.165, 1.54) is 24.3 Å². The minimum Gasteiger partial charge on any atom is -0.478 e. The molecule has 0 radical (unpaired) electrons. The van der Waals surface area contributed by atoms with Crippen molar-refractivity contribution in [2.24, 2.45) is 0 Å². The Bertz CT molecular complexity index is 815. The first-order valence-corrected chi connectivity index (χ1v) is 7.50. The van der Waals surface area contributed by atoms with E-state index < -0.39 is 29.3 Å². The number of hydrogen-bond acceptors (Lipinski definition) is 4. The number of carbonyl (C=O) groups is 2. The summed E-state index contributed by atoms with van der Waals surface area (Å²) in [6.07, 6.45) is -4.44. The van der Waals surface area contributed by atoms with Crippen LogP contribution in [0.2, 0.25) is 0 Å². The number of benzene rings is 1. The Morgan fingerprint density at radius 3 is 2.62 bits per heavy atom. The number of halogens is 3. The molecule has 1 aromatic heterocycles. The van der Waals surface area contributed by atoms with Gasteiger partial charge in [0.15, 0.2) is 5.69 Å². The van der Waals surface area contributed by atoms with Gasteiger partial charge in [0.1, 0.15) is 12.2 Å². The SMILES string of the molecule is CC(C)OCC(=O)Nc1cccc(-n2ncc(C(=O)O)c2C(F)(F)F)c1. The van der Waals surface area contributed by atoms with Crippen molar-refractivity contribution in [1.82, 2.24) is 9.78 Å². The van der Waals surface area contributed by atoms with Crippen molar-refractivity contribution in [2.45, 2.75) is 26.1 Å². The Balaban J connectivity index is 2.34. The number of rotatable bonds is 6. The molecule has 0 aliphatic heterocycles. The Kier molecular flexibility index (Phi) is 5.66. The molecule has 140 valence electrons.